The molecule has 0 saturated carbocycles. The number of hydrogen-bond donors (Lipinski definition) is 2. The van der Waals surface area contributed by atoms with Crippen molar-refractivity contribution in [3.63, 3.8) is 0 Å². The molecule has 1 aromatic heterocycles. The van der Waals surface area contributed by atoms with Gasteiger partial charge >= 0.3 is 0 Å². The fraction of sp³-hybridized carbons (Fsp3) is 0.667. The molecule has 0 unspecified atom stereocenters. The molecule has 6 nitrogen and oxygen atoms in total. The highest BCUT2D eigenvalue weighted by Crippen LogP contribution is 2.11. The Hall–Kier alpha value is -1.40. The number of nitrogens with one attached hydrogen (secondary N) is 2. The predicted octanol–water partition coefficient (Wildman–Crippen LogP) is 1.50. The van der Waals surface area contributed by atoms with Crippen LogP contribution < -0.4 is 10.6 Å². The lowest BCUT2D eigenvalue weighted by Crippen LogP contribution is -2.12. The second kappa shape index (κ2) is 8.66. The van der Waals surface area contributed by atoms with Crippen molar-refractivity contribution in [2.75, 3.05) is 44.5 Å². The summed E-state index contributed by atoms with van der Waals surface area (Å²) in [6, 6.07) is 1.89. The van der Waals surface area contributed by atoms with E-state index in [2.05, 4.69) is 27.5 Å². The normalized spacial score (nSPS) is 10.4. The Kier molecular flexibility index (Phi) is 7.05. The van der Waals surface area contributed by atoms with Crippen molar-refractivity contribution in [2.45, 2.75) is 20.0 Å². The molecule has 6 heteroatoms. The lowest BCUT2D eigenvalue weighted by molar-refractivity contribution is 0.178. The van der Waals surface area contributed by atoms with E-state index in [9.17, 15) is 0 Å². The van der Waals surface area contributed by atoms with E-state index in [-0.39, 0.29) is 0 Å². The Morgan fingerprint density at radius 1 is 1.06 bits per heavy atom. The van der Waals surface area contributed by atoms with Crippen LogP contribution in [0.1, 0.15) is 19.2 Å². The van der Waals surface area contributed by atoms with Crippen molar-refractivity contribution >= 4 is 11.6 Å². The zero-order valence-electron chi connectivity index (χ0n) is 11.3. The molecular formula is C12H22N4O2. The van der Waals surface area contributed by atoms with Crippen LogP contribution in [0.5, 0.6) is 0 Å². The summed E-state index contributed by atoms with van der Waals surface area (Å²) in [5, 5.41) is 6.44. The first kappa shape index (κ1) is 14.7. The number of anilines is 2. The first-order chi connectivity index (χ1) is 8.80. The van der Waals surface area contributed by atoms with Crippen LogP contribution in [-0.4, -0.2) is 43.9 Å². The third-order valence-electron chi connectivity index (χ3n) is 2.21. The molecule has 18 heavy (non-hydrogen) atoms. The lowest BCUT2D eigenvalue weighted by atomic mass is 10.4. The van der Waals surface area contributed by atoms with Crippen LogP contribution in [0.3, 0.4) is 0 Å². The molecule has 102 valence electrons. The zero-order chi connectivity index (χ0) is 13.2. The van der Waals surface area contributed by atoms with Crippen LogP contribution in [0.2, 0.25) is 0 Å². The van der Waals surface area contributed by atoms with Gasteiger partial charge in [-0.05, 0) is 6.42 Å². The summed E-state index contributed by atoms with van der Waals surface area (Å²) in [6.07, 6.45) is 1.05. The maximum Gasteiger partial charge on any atom is 0.158 e. The maximum absolute atomic E-state index is 5.06. The SMILES string of the molecule is CCCNc1cc(NCCOC)nc(COC)n1. The van der Waals surface area contributed by atoms with Crippen LogP contribution in [0.15, 0.2) is 6.07 Å². The van der Waals surface area contributed by atoms with Crippen molar-refractivity contribution in [3.8, 4) is 0 Å². The van der Waals surface area contributed by atoms with Gasteiger partial charge in [-0.15, -0.1) is 0 Å². The van der Waals surface area contributed by atoms with Crippen molar-refractivity contribution < 1.29 is 9.47 Å². The van der Waals surface area contributed by atoms with Gasteiger partial charge in [-0.1, -0.05) is 6.92 Å². The van der Waals surface area contributed by atoms with E-state index in [1.165, 1.54) is 0 Å². The first-order valence-electron chi connectivity index (χ1n) is 6.13. The number of nitrogens with zero attached hydrogens (tertiary/aromatic N) is 2. The van der Waals surface area contributed by atoms with Gasteiger partial charge in [-0.3, -0.25) is 0 Å². The third-order valence-corrected chi connectivity index (χ3v) is 2.21. The third kappa shape index (κ3) is 5.29. The molecule has 0 fully saturated rings. The molecule has 0 aliphatic rings. The number of aromatic nitrogens is 2. The summed E-state index contributed by atoms with van der Waals surface area (Å²) in [7, 11) is 3.31. The first-order valence-corrected chi connectivity index (χ1v) is 6.13. The van der Waals surface area contributed by atoms with E-state index in [1.807, 2.05) is 6.07 Å². The fourth-order valence-corrected chi connectivity index (χ4v) is 1.41. The summed E-state index contributed by atoms with van der Waals surface area (Å²) >= 11 is 0. The molecule has 1 rings (SSSR count). The van der Waals surface area contributed by atoms with E-state index < -0.39 is 0 Å². The smallest absolute Gasteiger partial charge is 0.158 e. The van der Waals surface area contributed by atoms with E-state index in [0.717, 1.165) is 24.6 Å². The van der Waals surface area contributed by atoms with E-state index in [4.69, 9.17) is 9.47 Å². The molecule has 0 aromatic carbocycles. The number of rotatable bonds is 9. The minimum absolute atomic E-state index is 0.403. The van der Waals surface area contributed by atoms with Crippen LogP contribution in [0.25, 0.3) is 0 Å². The van der Waals surface area contributed by atoms with Gasteiger partial charge in [0.15, 0.2) is 5.82 Å². The van der Waals surface area contributed by atoms with E-state index in [1.54, 1.807) is 14.2 Å². The molecule has 0 atom stereocenters. The van der Waals surface area contributed by atoms with Gasteiger partial charge in [0.25, 0.3) is 0 Å². The topological polar surface area (TPSA) is 68.3 Å². The molecule has 0 spiro atoms. The molecule has 0 aliphatic carbocycles. The second-order valence-electron chi connectivity index (χ2n) is 3.83. The van der Waals surface area contributed by atoms with Gasteiger partial charge < -0.3 is 20.1 Å². The second-order valence-corrected chi connectivity index (χ2v) is 3.83. The van der Waals surface area contributed by atoms with Gasteiger partial charge in [-0.2, -0.15) is 0 Å². The Labute approximate surface area is 108 Å². The van der Waals surface area contributed by atoms with Crippen LogP contribution in [0, 0.1) is 0 Å². The quantitative estimate of drug-likeness (QED) is 0.651. The predicted molar refractivity (Wildman–Crippen MR) is 71.9 cm³/mol. The molecule has 0 amide bonds. The van der Waals surface area contributed by atoms with Crippen molar-refractivity contribution in [1.29, 1.82) is 0 Å². The molecular weight excluding hydrogens is 232 g/mol. The van der Waals surface area contributed by atoms with Crippen LogP contribution in [0.4, 0.5) is 11.6 Å². The summed E-state index contributed by atoms with van der Waals surface area (Å²) in [5.74, 6) is 2.27. The van der Waals surface area contributed by atoms with E-state index in [0.29, 0.717) is 25.6 Å². The van der Waals surface area contributed by atoms with Gasteiger partial charge in [0, 0.05) is 33.4 Å². The molecule has 1 heterocycles. The highest BCUT2D eigenvalue weighted by atomic mass is 16.5. The number of ether oxygens (including phenoxy) is 2. The van der Waals surface area contributed by atoms with Crippen molar-refractivity contribution in [2.24, 2.45) is 0 Å². The Morgan fingerprint density at radius 3 is 2.28 bits per heavy atom. The highest BCUT2D eigenvalue weighted by molar-refractivity contribution is 5.47. The summed E-state index contributed by atoms with van der Waals surface area (Å²) in [5.41, 5.74) is 0. The Balaban J connectivity index is 2.70. The molecule has 0 radical (unpaired) electrons. The minimum atomic E-state index is 0.403. The molecule has 2 N–H and O–H groups in total. The Morgan fingerprint density at radius 2 is 1.72 bits per heavy atom. The molecule has 1 aromatic rings. The molecule has 0 aliphatic heterocycles. The van der Waals surface area contributed by atoms with Gasteiger partial charge in [0.05, 0.1) is 6.61 Å². The maximum atomic E-state index is 5.06. The van der Waals surface area contributed by atoms with Gasteiger partial charge in [0.2, 0.25) is 0 Å². The number of hydrogen-bond acceptors (Lipinski definition) is 6. The number of methoxy groups -OCH3 is 2. The monoisotopic (exact) mass is 254 g/mol. The van der Waals surface area contributed by atoms with Gasteiger partial charge in [0.1, 0.15) is 18.2 Å². The summed E-state index contributed by atoms with van der Waals surface area (Å²) in [6.45, 7) is 4.76. The largest absolute Gasteiger partial charge is 0.383 e. The highest BCUT2D eigenvalue weighted by Gasteiger charge is 2.04. The van der Waals surface area contributed by atoms with Gasteiger partial charge in [-0.25, -0.2) is 9.97 Å². The van der Waals surface area contributed by atoms with Crippen molar-refractivity contribution in [3.05, 3.63) is 11.9 Å². The van der Waals surface area contributed by atoms with Crippen LogP contribution >= 0.6 is 0 Å². The summed E-state index contributed by atoms with van der Waals surface area (Å²) in [4.78, 5) is 8.73. The lowest BCUT2D eigenvalue weighted by Gasteiger charge is -2.10. The van der Waals surface area contributed by atoms with E-state index >= 15 is 0 Å². The molecule has 0 saturated heterocycles. The van der Waals surface area contributed by atoms with Crippen LogP contribution in [-0.2, 0) is 16.1 Å². The molecule has 0 bridgehead atoms. The Bertz CT molecular complexity index is 347. The fourth-order valence-electron chi connectivity index (χ4n) is 1.41. The average molecular weight is 254 g/mol. The average Bonchev–Trinajstić information content (AvgIpc) is 2.37. The van der Waals surface area contributed by atoms with Crippen molar-refractivity contribution in [1.82, 2.24) is 9.97 Å². The standard InChI is InChI=1S/C12H22N4O2/c1-4-5-13-10-8-11(14-6-7-17-2)16-12(15-10)9-18-3/h8H,4-7,9H2,1-3H3,(H2,13,14,15,16). The minimum Gasteiger partial charge on any atom is -0.383 e. The summed E-state index contributed by atoms with van der Waals surface area (Å²) < 4.78 is 10.1. The zero-order valence-corrected chi connectivity index (χ0v) is 11.3.